The first-order chi connectivity index (χ1) is 16.0. The molecule has 0 saturated carbocycles. The number of cyclic esters (lactones) is 1. The fourth-order valence-electron chi connectivity index (χ4n) is 3.91. The van der Waals surface area contributed by atoms with Gasteiger partial charge in [-0.1, -0.05) is 41.1 Å². The summed E-state index contributed by atoms with van der Waals surface area (Å²) in [5.74, 6) is -0.488. The third-order valence-corrected chi connectivity index (χ3v) is 6.16. The zero-order chi connectivity index (χ0) is 23.6. The second-order valence-corrected chi connectivity index (χ2v) is 8.60. The van der Waals surface area contributed by atoms with Crippen molar-refractivity contribution in [2.45, 2.75) is 39.5 Å². The van der Waals surface area contributed by atoms with Crippen LogP contribution in [0.2, 0.25) is 5.02 Å². The van der Waals surface area contributed by atoms with E-state index in [1.54, 1.807) is 4.90 Å². The molecule has 7 nitrogen and oxygen atoms in total. The number of nitrogens with zero attached hydrogens (tertiary/aromatic N) is 2. The number of carbonyl (C=O) groups excluding carboxylic acids is 2. The van der Waals surface area contributed by atoms with Gasteiger partial charge in [0.2, 0.25) is 0 Å². The molecule has 0 spiro atoms. The number of fused-ring (bicyclic) bond motifs is 1. The molecule has 0 aromatic heterocycles. The number of amides is 1. The van der Waals surface area contributed by atoms with Crippen LogP contribution in [0.25, 0.3) is 0 Å². The van der Waals surface area contributed by atoms with Crippen LogP contribution in [0.5, 0.6) is 0 Å². The smallest absolute Gasteiger partial charge is 0.338 e. The molecule has 0 aliphatic carbocycles. The van der Waals surface area contributed by atoms with E-state index < -0.39 is 5.97 Å². The van der Waals surface area contributed by atoms with Crippen LogP contribution in [0, 0.1) is 13.8 Å². The lowest BCUT2D eigenvalue weighted by molar-refractivity contribution is -0.136. The van der Waals surface area contributed by atoms with E-state index in [2.05, 4.69) is 16.5 Å². The summed E-state index contributed by atoms with van der Waals surface area (Å²) in [6.45, 7) is 6.85. The minimum Gasteiger partial charge on any atom is -0.462 e. The fraction of sp³-hybridized carbons (Fsp3) is 0.480. The minimum atomic E-state index is -0.395. The van der Waals surface area contributed by atoms with Crippen LogP contribution in [0.15, 0.2) is 35.5 Å². The second kappa shape index (κ2) is 12.6. The molecule has 1 fully saturated rings. The maximum atomic E-state index is 12.9. The Hall–Kier alpha value is -2.64. The highest BCUT2D eigenvalue weighted by molar-refractivity contribution is 6.33. The Morgan fingerprint density at radius 1 is 1.15 bits per heavy atom. The number of nitrogens with one attached hydrogen (secondary N) is 1. The van der Waals surface area contributed by atoms with Gasteiger partial charge in [0, 0.05) is 37.6 Å². The number of benzene rings is 1. The van der Waals surface area contributed by atoms with E-state index in [-0.39, 0.29) is 12.5 Å². The van der Waals surface area contributed by atoms with Crippen molar-refractivity contribution < 1.29 is 19.2 Å². The molecule has 2 aliphatic heterocycles. The second-order valence-electron chi connectivity index (χ2n) is 8.22. The number of hydrogen-bond acceptors (Lipinski definition) is 6. The van der Waals surface area contributed by atoms with Crippen LogP contribution in [0.4, 0.5) is 0 Å². The Morgan fingerprint density at radius 3 is 2.67 bits per heavy atom. The molecular formula is C25H32ClN3O4. The molecule has 0 unspecified atom stereocenters. The van der Waals surface area contributed by atoms with Gasteiger partial charge >= 0.3 is 5.97 Å². The number of allylic oxidation sites excluding steroid dienone is 3. The maximum Gasteiger partial charge on any atom is 0.338 e. The van der Waals surface area contributed by atoms with Crippen molar-refractivity contribution in [1.29, 1.82) is 0 Å². The molecule has 1 aromatic carbocycles. The van der Waals surface area contributed by atoms with E-state index in [4.69, 9.17) is 21.2 Å². The SMILES string of the molecule is Cc1cc(C)c2c(c1Cl)CC(=N\OCC(=O)N1CCNCC1)/C=C/CC/C=C/CCOC2=O. The summed E-state index contributed by atoms with van der Waals surface area (Å²) in [6, 6.07) is 1.89. The number of esters is 1. The standard InChI is InChI=1S/C25H32ClN3O4/c1-18-15-19(2)24(26)21-16-20(28-33-17-22(30)29-12-10-27-11-13-29)9-7-5-3-4-6-8-14-32-25(31)23(18)21/h4,6-7,9,15,27H,3,5,8,10-14,16-17H2,1-2H3/b6-4+,9-7+,28-20-. The van der Waals surface area contributed by atoms with E-state index in [0.29, 0.717) is 54.4 Å². The average molecular weight is 474 g/mol. The van der Waals surface area contributed by atoms with Crippen LogP contribution >= 0.6 is 11.6 Å². The summed E-state index contributed by atoms with van der Waals surface area (Å²) >= 11 is 6.65. The summed E-state index contributed by atoms with van der Waals surface area (Å²) in [5.41, 5.74) is 3.39. The van der Waals surface area contributed by atoms with Gasteiger partial charge in [-0.2, -0.15) is 0 Å². The molecule has 0 bridgehead atoms. The largest absolute Gasteiger partial charge is 0.462 e. The summed E-state index contributed by atoms with van der Waals surface area (Å²) in [7, 11) is 0. The number of oxime groups is 1. The Morgan fingerprint density at radius 2 is 1.88 bits per heavy atom. The fourth-order valence-corrected chi connectivity index (χ4v) is 4.13. The van der Waals surface area contributed by atoms with Crippen LogP contribution in [-0.2, 0) is 20.8 Å². The third kappa shape index (κ3) is 7.17. The zero-order valence-electron chi connectivity index (χ0n) is 19.4. The van der Waals surface area contributed by atoms with Crippen LogP contribution in [0.1, 0.15) is 46.3 Å². The molecule has 8 heteroatoms. The topological polar surface area (TPSA) is 80.2 Å². The van der Waals surface area contributed by atoms with E-state index in [0.717, 1.165) is 37.1 Å². The first kappa shape index (κ1) is 25.0. The number of piperazine rings is 1. The highest BCUT2D eigenvalue weighted by atomic mass is 35.5. The molecule has 1 N–H and O–H groups in total. The van der Waals surface area contributed by atoms with Gasteiger partial charge in [0.05, 0.1) is 17.9 Å². The van der Waals surface area contributed by atoms with Gasteiger partial charge in [0.15, 0.2) is 6.61 Å². The molecule has 33 heavy (non-hydrogen) atoms. The summed E-state index contributed by atoms with van der Waals surface area (Å²) in [6.07, 6.45) is 10.7. The Kier molecular flexibility index (Phi) is 9.51. The summed E-state index contributed by atoms with van der Waals surface area (Å²) in [5, 5.41) is 7.98. The number of rotatable bonds is 3. The van der Waals surface area contributed by atoms with E-state index in [1.807, 2.05) is 38.1 Å². The quantitative estimate of drug-likeness (QED) is 0.411. The molecule has 1 saturated heterocycles. The highest BCUT2D eigenvalue weighted by Crippen LogP contribution is 2.29. The zero-order valence-corrected chi connectivity index (χ0v) is 20.1. The average Bonchev–Trinajstić information content (AvgIpc) is 2.80. The lowest BCUT2D eigenvalue weighted by atomic mass is 9.94. The van der Waals surface area contributed by atoms with Gasteiger partial charge in [-0.05, 0) is 55.9 Å². The molecule has 1 amide bonds. The number of halogens is 1. The van der Waals surface area contributed by atoms with Crippen molar-refractivity contribution >= 4 is 29.2 Å². The van der Waals surface area contributed by atoms with E-state index >= 15 is 0 Å². The van der Waals surface area contributed by atoms with Gasteiger partial charge in [-0.3, -0.25) is 4.79 Å². The first-order valence-electron chi connectivity index (χ1n) is 11.4. The van der Waals surface area contributed by atoms with Crippen molar-refractivity contribution in [3.63, 3.8) is 0 Å². The molecule has 0 radical (unpaired) electrons. The van der Waals surface area contributed by atoms with Crippen molar-refractivity contribution in [2.24, 2.45) is 5.16 Å². The predicted octanol–water partition coefficient (Wildman–Crippen LogP) is 3.76. The first-order valence-corrected chi connectivity index (χ1v) is 11.8. The maximum absolute atomic E-state index is 12.9. The van der Waals surface area contributed by atoms with Gasteiger partial charge in [0.1, 0.15) is 0 Å². The Bertz CT molecular complexity index is 949. The number of aryl methyl sites for hydroxylation is 2. The lowest BCUT2D eigenvalue weighted by Crippen LogP contribution is -2.47. The van der Waals surface area contributed by atoms with Crippen LogP contribution < -0.4 is 5.32 Å². The highest BCUT2D eigenvalue weighted by Gasteiger charge is 2.22. The summed E-state index contributed by atoms with van der Waals surface area (Å²) in [4.78, 5) is 32.5. The Labute approximate surface area is 200 Å². The lowest BCUT2D eigenvalue weighted by Gasteiger charge is -2.26. The van der Waals surface area contributed by atoms with Crippen molar-refractivity contribution in [2.75, 3.05) is 39.4 Å². The summed E-state index contributed by atoms with van der Waals surface area (Å²) < 4.78 is 5.51. The minimum absolute atomic E-state index is 0.0930. The molecule has 0 atom stereocenters. The van der Waals surface area contributed by atoms with Gasteiger partial charge < -0.3 is 19.8 Å². The van der Waals surface area contributed by atoms with Gasteiger partial charge in [-0.15, -0.1) is 0 Å². The molecule has 1 aromatic rings. The monoisotopic (exact) mass is 473 g/mol. The number of ether oxygens (including phenoxy) is 1. The van der Waals surface area contributed by atoms with Crippen molar-refractivity contribution in [3.8, 4) is 0 Å². The van der Waals surface area contributed by atoms with E-state index in [9.17, 15) is 9.59 Å². The molecular weight excluding hydrogens is 442 g/mol. The number of hydrogen-bond donors (Lipinski definition) is 1. The van der Waals surface area contributed by atoms with Crippen LogP contribution in [0.3, 0.4) is 0 Å². The third-order valence-electron chi connectivity index (χ3n) is 5.64. The van der Waals surface area contributed by atoms with Gasteiger partial charge in [-0.25, -0.2) is 4.79 Å². The Balaban J connectivity index is 1.86. The van der Waals surface area contributed by atoms with Gasteiger partial charge in [0.25, 0.3) is 5.91 Å². The van der Waals surface area contributed by atoms with Crippen molar-refractivity contribution in [3.05, 3.63) is 57.6 Å². The molecule has 2 heterocycles. The van der Waals surface area contributed by atoms with Crippen LogP contribution in [-0.4, -0.2) is 61.9 Å². The van der Waals surface area contributed by atoms with Crippen molar-refractivity contribution in [1.82, 2.24) is 10.2 Å². The van der Waals surface area contributed by atoms with E-state index in [1.165, 1.54) is 0 Å². The normalized spacial score (nSPS) is 21.0. The molecule has 178 valence electrons. The predicted molar refractivity (Wildman–Crippen MR) is 130 cm³/mol. The molecule has 2 aliphatic rings. The molecule has 3 rings (SSSR count). The number of carbonyl (C=O) groups is 2.